The van der Waals surface area contributed by atoms with Gasteiger partial charge >= 0.3 is 0 Å². The Kier molecular flexibility index (Phi) is 3.63. The highest BCUT2D eigenvalue weighted by molar-refractivity contribution is 7.17. The lowest BCUT2D eigenvalue weighted by Crippen LogP contribution is -2.12. The van der Waals surface area contributed by atoms with Gasteiger partial charge in [0.05, 0.1) is 11.1 Å². The summed E-state index contributed by atoms with van der Waals surface area (Å²) in [5.41, 5.74) is 5.30. The first-order chi connectivity index (χ1) is 14.5. The average molecular weight is 408 g/mol. The molecule has 0 fully saturated rings. The van der Waals surface area contributed by atoms with Gasteiger partial charge in [0.25, 0.3) is 0 Å². The van der Waals surface area contributed by atoms with Crippen molar-refractivity contribution >= 4 is 54.1 Å². The van der Waals surface area contributed by atoms with Gasteiger partial charge in [-0.25, -0.2) is 0 Å². The van der Waals surface area contributed by atoms with Crippen molar-refractivity contribution in [3.05, 3.63) is 77.8 Å². The number of furan rings is 1. The van der Waals surface area contributed by atoms with E-state index >= 15 is 0 Å². The summed E-state index contributed by atoms with van der Waals surface area (Å²) in [6, 6.07) is 21.7. The van der Waals surface area contributed by atoms with Gasteiger partial charge in [-0.3, -0.25) is 4.98 Å². The normalized spacial score (nSPS) is 12.5. The Morgan fingerprint density at radius 2 is 1.70 bits per heavy atom. The van der Waals surface area contributed by atoms with Crippen LogP contribution < -0.4 is 0 Å². The Bertz CT molecular complexity index is 1580. The summed E-state index contributed by atoms with van der Waals surface area (Å²) in [5, 5.41) is 8.13. The number of fused-ring (bicyclic) bond motifs is 5. The van der Waals surface area contributed by atoms with Gasteiger partial charge in [0.1, 0.15) is 11.2 Å². The molecule has 3 heteroatoms. The maximum absolute atomic E-state index is 6.24. The lowest BCUT2D eigenvalue weighted by molar-refractivity contribution is 0.596. The van der Waals surface area contributed by atoms with Crippen molar-refractivity contribution in [2.45, 2.75) is 26.2 Å². The van der Waals surface area contributed by atoms with E-state index in [2.05, 4.69) is 80.7 Å². The maximum atomic E-state index is 6.24. The van der Waals surface area contributed by atoms with Crippen LogP contribution in [-0.4, -0.2) is 4.98 Å². The van der Waals surface area contributed by atoms with Crippen molar-refractivity contribution in [1.29, 1.82) is 0 Å². The molecule has 0 aliphatic rings. The standard InChI is InChI=1S/C27H21NOS/c1-27(2,3)21-13-18(12-16-6-4-5-7-19(16)21)26-25-20-15-24-17(9-11-30-24)14-23(20)29-22(25)8-10-28-26/h4-15H,1-3H3. The monoisotopic (exact) mass is 407 g/mol. The number of benzene rings is 3. The third-order valence-corrected chi connectivity index (χ3v) is 6.78. The first kappa shape index (κ1) is 17.7. The van der Waals surface area contributed by atoms with Crippen LogP contribution in [0.4, 0.5) is 0 Å². The average Bonchev–Trinajstić information content (AvgIpc) is 3.33. The van der Waals surface area contributed by atoms with E-state index in [1.165, 1.54) is 26.4 Å². The molecule has 0 aliphatic heterocycles. The second-order valence-corrected chi connectivity index (χ2v) is 9.88. The van der Waals surface area contributed by atoms with Crippen LogP contribution in [0, 0.1) is 0 Å². The minimum atomic E-state index is 0.0328. The number of nitrogens with zero attached hydrogens (tertiary/aromatic N) is 1. The number of rotatable bonds is 1. The van der Waals surface area contributed by atoms with Crippen LogP contribution in [0.15, 0.2) is 76.7 Å². The molecule has 0 amide bonds. The van der Waals surface area contributed by atoms with Crippen molar-refractivity contribution in [3.63, 3.8) is 0 Å². The van der Waals surface area contributed by atoms with Gasteiger partial charge in [0, 0.05) is 21.8 Å². The topological polar surface area (TPSA) is 26.0 Å². The second-order valence-electron chi connectivity index (χ2n) is 8.94. The van der Waals surface area contributed by atoms with Gasteiger partial charge in [-0.15, -0.1) is 11.3 Å². The third kappa shape index (κ3) is 2.59. The van der Waals surface area contributed by atoms with Crippen molar-refractivity contribution in [1.82, 2.24) is 4.98 Å². The van der Waals surface area contributed by atoms with Crippen LogP contribution in [0.3, 0.4) is 0 Å². The molecule has 6 rings (SSSR count). The van der Waals surface area contributed by atoms with Crippen LogP contribution in [0.2, 0.25) is 0 Å². The van der Waals surface area contributed by atoms with E-state index in [4.69, 9.17) is 9.40 Å². The molecule has 0 saturated carbocycles. The molecule has 0 saturated heterocycles. The van der Waals surface area contributed by atoms with Crippen molar-refractivity contribution in [2.75, 3.05) is 0 Å². The summed E-state index contributed by atoms with van der Waals surface area (Å²) < 4.78 is 7.51. The number of hydrogen-bond acceptors (Lipinski definition) is 3. The summed E-state index contributed by atoms with van der Waals surface area (Å²) in [5.74, 6) is 0. The van der Waals surface area contributed by atoms with E-state index < -0.39 is 0 Å². The molecule has 0 bridgehead atoms. The minimum Gasteiger partial charge on any atom is -0.456 e. The van der Waals surface area contributed by atoms with Gasteiger partial charge in [-0.1, -0.05) is 45.0 Å². The van der Waals surface area contributed by atoms with Crippen LogP contribution in [0.5, 0.6) is 0 Å². The van der Waals surface area contributed by atoms with E-state index in [1.807, 2.05) is 12.3 Å². The summed E-state index contributed by atoms with van der Waals surface area (Å²) in [6.45, 7) is 6.81. The molecular weight excluding hydrogens is 386 g/mol. The Labute approximate surface area is 178 Å². The lowest BCUT2D eigenvalue weighted by atomic mass is 9.82. The zero-order chi connectivity index (χ0) is 20.5. The first-order valence-electron chi connectivity index (χ1n) is 10.2. The first-order valence-corrected chi connectivity index (χ1v) is 11.1. The highest BCUT2D eigenvalue weighted by Gasteiger charge is 2.20. The SMILES string of the molecule is CC(C)(C)c1cc(-c2nccc3oc4cc5ccsc5cc4c23)cc2ccccc12. The largest absolute Gasteiger partial charge is 0.456 e. The van der Waals surface area contributed by atoms with Gasteiger partial charge in [-0.05, 0) is 68.9 Å². The molecule has 3 aromatic carbocycles. The Morgan fingerprint density at radius 1 is 0.833 bits per heavy atom. The molecular formula is C27H21NOS. The highest BCUT2D eigenvalue weighted by Crippen LogP contribution is 2.40. The van der Waals surface area contributed by atoms with Gasteiger partial charge < -0.3 is 4.42 Å². The van der Waals surface area contributed by atoms with Crippen molar-refractivity contribution in [2.24, 2.45) is 0 Å². The highest BCUT2D eigenvalue weighted by atomic mass is 32.1. The Morgan fingerprint density at radius 3 is 2.57 bits per heavy atom. The molecule has 0 aliphatic carbocycles. The maximum Gasteiger partial charge on any atom is 0.139 e. The Balaban J connectivity index is 1.72. The van der Waals surface area contributed by atoms with Crippen LogP contribution in [-0.2, 0) is 5.41 Å². The number of aromatic nitrogens is 1. The summed E-state index contributed by atoms with van der Waals surface area (Å²) in [6.07, 6.45) is 1.86. The number of hydrogen-bond donors (Lipinski definition) is 0. The molecule has 30 heavy (non-hydrogen) atoms. The fraction of sp³-hybridized carbons (Fsp3) is 0.148. The smallest absolute Gasteiger partial charge is 0.139 e. The summed E-state index contributed by atoms with van der Waals surface area (Å²) in [4.78, 5) is 4.84. The molecule has 0 N–H and O–H groups in total. The lowest BCUT2D eigenvalue weighted by Gasteiger charge is -2.22. The van der Waals surface area contributed by atoms with E-state index in [9.17, 15) is 0 Å². The van der Waals surface area contributed by atoms with Gasteiger partial charge in [-0.2, -0.15) is 0 Å². The van der Waals surface area contributed by atoms with E-state index in [0.29, 0.717) is 0 Å². The molecule has 0 atom stereocenters. The number of thiophene rings is 1. The van der Waals surface area contributed by atoms with Gasteiger partial charge in [0.15, 0.2) is 0 Å². The molecule has 2 nitrogen and oxygen atoms in total. The fourth-order valence-electron chi connectivity index (χ4n) is 4.46. The molecule has 0 unspecified atom stereocenters. The summed E-state index contributed by atoms with van der Waals surface area (Å²) in [7, 11) is 0. The predicted molar refractivity (Wildman–Crippen MR) is 129 cm³/mol. The van der Waals surface area contributed by atoms with E-state index in [-0.39, 0.29) is 5.41 Å². The zero-order valence-corrected chi connectivity index (χ0v) is 18.0. The van der Waals surface area contributed by atoms with Crippen LogP contribution in [0.1, 0.15) is 26.3 Å². The Hall–Kier alpha value is -3.17. The zero-order valence-electron chi connectivity index (χ0n) is 17.2. The fourth-order valence-corrected chi connectivity index (χ4v) is 5.27. The number of pyridine rings is 1. The van der Waals surface area contributed by atoms with Crippen molar-refractivity contribution < 1.29 is 4.42 Å². The molecule has 0 spiro atoms. The van der Waals surface area contributed by atoms with Crippen LogP contribution >= 0.6 is 11.3 Å². The molecule has 6 aromatic rings. The van der Waals surface area contributed by atoms with E-state index in [1.54, 1.807) is 11.3 Å². The minimum absolute atomic E-state index is 0.0328. The quantitative estimate of drug-likeness (QED) is 0.274. The van der Waals surface area contributed by atoms with Gasteiger partial charge in [0.2, 0.25) is 0 Å². The molecule has 3 aromatic heterocycles. The predicted octanol–water partition coefficient (Wildman–Crippen LogP) is 8.31. The van der Waals surface area contributed by atoms with E-state index in [0.717, 1.165) is 33.2 Å². The third-order valence-electron chi connectivity index (χ3n) is 5.90. The van der Waals surface area contributed by atoms with Crippen molar-refractivity contribution in [3.8, 4) is 11.3 Å². The summed E-state index contributed by atoms with van der Waals surface area (Å²) >= 11 is 1.76. The molecule has 146 valence electrons. The molecule has 3 heterocycles. The second kappa shape index (κ2) is 6.16. The molecule has 0 radical (unpaired) electrons. The van der Waals surface area contributed by atoms with Crippen LogP contribution in [0.25, 0.3) is 54.1 Å².